The number of hydrogen-bond acceptors (Lipinski definition) is 5. The number of aliphatic imine (C=N–C) groups is 1. The van der Waals surface area contributed by atoms with Gasteiger partial charge in [0.05, 0.1) is 17.2 Å². The molecule has 0 aromatic heterocycles. The molecule has 0 atom stereocenters. The summed E-state index contributed by atoms with van der Waals surface area (Å²) in [4.78, 5) is 18.0. The summed E-state index contributed by atoms with van der Waals surface area (Å²) in [5, 5.41) is 13.5. The smallest absolute Gasteiger partial charge is 0.270 e. The largest absolute Gasteiger partial charge is 0.456 e. The fourth-order valence-corrected chi connectivity index (χ4v) is 4.14. The van der Waals surface area contributed by atoms with Gasteiger partial charge in [-0.3, -0.25) is 15.1 Å². The lowest BCUT2D eigenvalue weighted by atomic mass is 10.0. The van der Waals surface area contributed by atoms with E-state index >= 15 is 0 Å². The lowest BCUT2D eigenvalue weighted by Gasteiger charge is -2.18. The number of benzodiazepines with no additional fused rings is 1. The second-order valence-corrected chi connectivity index (χ2v) is 8.10. The molecule has 5 rings (SSSR count). The Morgan fingerprint density at radius 1 is 0.941 bits per heavy atom. The van der Waals surface area contributed by atoms with Crippen LogP contribution in [-0.4, -0.2) is 30.8 Å². The normalized spacial score (nSPS) is 13.4. The summed E-state index contributed by atoms with van der Waals surface area (Å²) < 4.78 is 6.29. The van der Waals surface area contributed by atoms with Crippen molar-refractivity contribution in [3.8, 4) is 11.5 Å². The number of benzene rings is 4. The van der Waals surface area contributed by atoms with Crippen molar-refractivity contribution in [2.75, 3.05) is 25.0 Å². The summed E-state index contributed by atoms with van der Waals surface area (Å²) in [5.74, 6) is 1.23. The van der Waals surface area contributed by atoms with Gasteiger partial charge in [-0.2, -0.15) is 0 Å². The number of rotatable bonds is 5. The summed E-state index contributed by atoms with van der Waals surface area (Å²) in [7, 11) is 2.05. The first-order valence-corrected chi connectivity index (χ1v) is 11.1. The van der Waals surface area contributed by atoms with Crippen LogP contribution in [0.1, 0.15) is 11.1 Å². The summed E-state index contributed by atoms with van der Waals surface area (Å²) in [6, 6.07) is 26.6. The molecule has 0 unspecified atom stereocenters. The molecule has 6 heteroatoms. The van der Waals surface area contributed by atoms with E-state index in [1.54, 1.807) is 6.07 Å². The van der Waals surface area contributed by atoms with E-state index in [0.717, 1.165) is 34.3 Å². The molecule has 6 nitrogen and oxygen atoms in total. The second-order valence-electron chi connectivity index (χ2n) is 8.10. The molecule has 0 N–H and O–H groups in total. The lowest BCUT2D eigenvalue weighted by molar-refractivity contribution is -0.384. The number of allylic oxidation sites excluding steroid dienone is 1. The highest BCUT2D eigenvalue weighted by atomic mass is 16.6. The molecule has 0 aliphatic carbocycles. The fraction of sp³-hybridized carbons (Fsp3) is 0.107. The number of non-ortho nitro benzene ring substituents is 1. The summed E-state index contributed by atoms with van der Waals surface area (Å²) >= 11 is 0. The van der Waals surface area contributed by atoms with Crippen molar-refractivity contribution in [3.05, 3.63) is 112 Å². The van der Waals surface area contributed by atoms with Crippen LogP contribution >= 0.6 is 0 Å². The Labute approximate surface area is 197 Å². The molecular formula is C28H23N3O3. The molecule has 4 aromatic rings. The van der Waals surface area contributed by atoms with Gasteiger partial charge in [-0.15, -0.1) is 0 Å². The molecule has 4 aromatic carbocycles. The quantitative estimate of drug-likeness (QED) is 0.258. The maximum atomic E-state index is 11.5. The van der Waals surface area contributed by atoms with Crippen molar-refractivity contribution in [1.29, 1.82) is 0 Å². The summed E-state index contributed by atoms with van der Waals surface area (Å²) in [6.07, 6.45) is 3.75. The van der Waals surface area contributed by atoms with Gasteiger partial charge in [0.2, 0.25) is 0 Å². The third-order valence-electron chi connectivity index (χ3n) is 5.90. The molecule has 1 aliphatic heterocycles. The van der Waals surface area contributed by atoms with Gasteiger partial charge in [-0.25, -0.2) is 0 Å². The standard InChI is InChI=1S/C28H23N3O3/c1-30-18-17-29-25(24-10-4-5-11-26(24)30)15-13-21-19-22(31(32)33)14-16-27(21)34-28-12-6-8-20-7-2-3-9-23(20)28/h2-16,19H,17-18H2,1H3/b15-13+. The average Bonchev–Trinajstić information content (AvgIpc) is 3.02. The Kier molecular flexibility index (Phi) is 5.79. The number of ether oxygens (including phenoxy) is 1. The van der Waals surface area contributed by atoms with E-state index in [9.17, 15) is 10.1 Å². The van der Waals surface area contributed by atoms with Gasteiger partial charge in [0.15, 0.2) is 0 Å². The Hall–Kier alpha value is -4.45. The van der Waals surface area contributed by atoms with Gasteiger partial charge < -0.3 is 9.64 Å². The van der Waals surface area contributed by atoms with Crippen LogP contribution in [0.3, 0.4) is 0 Å². The van der Waals surface area contributed by atoms with Gasteiger partial charge in [0.1, 0.15) is 11.5 Å². The molecule has 0 radical (unpaired) electrons. The van der Waals surface area contributed by atoms with Crippen molar-refractivity contribution in [1.82, 2.24) is 0 Å². The van der Waals surface area contributed by atoms with Gasteiger partial charge in [0.25, 0.3) is 5.69 Å². The Bertz CT molecular complexity index is 1440. The van der Waals surface area contributed by atoms with Crippen molar-refractivity contribution < 1.29 is 9.66 Å². The minimum Gasteiger partial charge on any atom is -0.456 e. The zero-order chi connectivity index (χ0) is 23.5. The first-order chi connectivity index (χ1) is 16.6. The van der Waals surface area contributed by atoms with Crippen molar-refractivity contribution in [3.63, 3.8) is 0 Å². The van der Waals surface area contributed by atoms with E-state index in [-0.39, 0.29) is 5.69 Å². The van der Waals surface area contributed by atoms with Gasteiger partial charge in [-0.1, -0.05) is 54.6 Å². The molecule has 0 bridgehead atoms. The number of anilines is 1. The van der Waals surface area contributed by atoms with Crippen LogP contribution in [0.25, 0.3) is 16.8 Å². The van der Waals surface area contributed by atoms with Crippen molar-refractivity contribution in [2.24, 2.45) is 4.99 Å². The SMILES string of the molecule is CN1CCN=C(/C=C/c2cc([N+](=O)[O-])ccc2Oc2cccc3ccccc23)c2ccccc21. The highest BCUT2D eigenvalue weighted by molar-refractivity contribution is 6.14. The van der Waals surface area contributed by atoms with Crippen LogP contribution in [0, 0.1) is 10.1 Å². The molecule has 1 aliphatic rings. The number of nitro benzene ring substituents is 1. The molecule has 168 valence electrons. The van der Waals surface area contributed by atoms with Crippen LogP contribution in [0.15, 0.2) is 96.0 Å². The van der Waals surface area contributed by atoms with E-state index in [1.807, 2.05) is 72.8 Å². The first-order valence-electron chi connectivity index (χ1n) is 11.1. The molecule has 0 fully saturated rings. The third kappa shape index (κ3) is 4.26. The minimum atomic E-state index is -0.396. The molecule has 1 heterocycles. The van der Waals surface area contributed by atoms with E-state index < -0.39 is 4.92 Å². The molecule has 0 saturated carbocycles. The molecule has 0 amide bonds. The van der Waals surface area contributed by atoms with E-state index in [0.29, 0.717) is 23.6 Å². The van der Waals surface area contributed by atoms with Crippen LogP contribution in [-0.2, 0) is 0 Å². The van der Waals surface area contributed by atoms with Gasteiger partial charge in [-0.05, 0) is 35.7 Å². The first kappa shape index (κ1) is 21.4. The summed E-state index contributed by atoms with van der Waals surface area (Å²) in [5.41, 5.74) is 3.59. The topological polar surface area (TPSA) is 68.0 Å². The second kappa shape index (κ2) is 9.19. The average molecular weight is 450 g/mol. The van der Waals surface area contributed by atoms with E-state index in [2.05, 4.69) is 18.0 Å². The Morgan fingerprint density at radius 2 is 1.74 bits per heavy atom. The number of hydrogen-bond donors (Lipinski definition) is 0. The number of fused-ring (bicyclic) bond motifs is 2. The number of likely N-dealkylation sites (N-methyl/N-ethyl adjacent to an activating group) is 1. The molecule has 34 heavy (non-hydrogen) atoms. The number of para-hydroxylation sites is 1. The maximum absolute atomic E-state index is 11.5. The van der Waals surface area contributed by atoms with Crippen LogP contribution in [0.5, 0.6) is 11.5 Å². The highest BCUT2D eigenvalue weighted by Crippen LogP contribution is 2.34. The van der Waals surface area contributed by atoms with Gasteiger partial charge in [0, 0.05) is 47.9 Å². The third-order valence-corrected chi connectivity index (χ3v) is 5.90. The zero-order valence-electron chi connectivity index (χ0n) is 18.7. The maximum Gasteiger partial charge on any atom is 0.270 e. The van der Waals surface area contributed by atoms with Crippen molar-refractivity contribution >= 4 is 33.9 Å². The van der Waals surface area contributed by atoms with E-state index in [4.69, 9.17) is 9.73 Å². The summed E-state index contributed by atoms with van der Waals surface area (Å²) in [6.45, 7) is 1.49. The van der Waals surface area contributed by atoms with Crippen LogP contribution in [0.2, 0.25) is 0 Å². The van der Waals surface area contributed by atoms with E-state index in [1.165, 1.54) is 12.1 Å². The fourth-order valence-electron chi connectivity index (χ4n) is 4.14. The van der Waals surface area contributed by atoms with Crippen LogP contribution < -0.4 is 9.64 Å². The van der Waals surface area contributed by atoms with Gasteiger partial charge >= 0.3 is 0 Å². The number of nitrogens with zero attached hydrogens (tertiary/aromatic N) is 3. The van der Waals surface area contributed by atoms with Crippen molar-refractivity contribution in [2.45, 2.75) is 0 Å². The predicted octanol–water partition coefficient (Wildman–Crippen LogP) is 6.49. The Balaban J connectivity index is 1.55. The minimum absolute atomic E-state index is 0.00728. The lowest BCUT2D eigenvalue weighted by Crippen LogP contribution is -2.20. The molecule has 0 saturated heterocycles. The monoisotopic (exact) mass is 449 g/mol. The highest BCUT2D eigenvalue weighted by Gasteiger charge is 2.15. The number of nitro groups is 1. The predicted molar refractivity (Wildman–Crippen MR) is 137 cm³/mol. The molecule has 0 spiro atoms. The zero-order valence-corrected chi connectivity index (χ0v) is 18.7. The molecular weight excluding hydrogens is 426 g/mol. The Morgan fingerprint density at radius 3 is 2.62 bits per heavy atom. The van der Waals surface area contributed by atoms with Crippen LogP contribution in [0.4, 0.5) is 11.4 Å².